The van der Waals surface area contributed by atoms with Gasteiger partial charge in [0.05, 0.1) is 4.83 Å². The fraction of sp³-hybridized carbons (Fsp3) is 0.231. The van der Waals surface area contributed by atoms with Crippen molar-refractivity contribution in [2.45, 2.75) is 18.7 Å². The quantitative estimate of drug-likeness (QED) is 0.685. The van der Waals surface area contributed by atoms with E-state index in [4.69, 9.17) is 0 Å². The van der Waals surface area contributed by atoms with Gasteiger partial charge in [-0.3, -0.25) is 0 Å². The maximum absolute atomic E-state index is 13.5. The third-order valence-corrected chi connectivity index (χ3v) is 4.35. The summed E-state index contributed by atoms with van der Waals surface area (Å²) in [5.41, 5.74) is 3.73. The minimum absolute atomic E-state index is 0.103. The van der Waals surface area contributed by atoms with E-state index in [-0.39, 0.29) is 10.6 Å². The lowest BCUT2D eigenvalue weighted by Crippen LogP contribution is -1.96. The van der Waals surface area contributed by atoms with Crippen molar-refractivity contribution in [3.05, 3.63) is 57.0 Å². The fourth-order valence-electron chi connectivity index (χ4n) is 1.74. The summed E-state index contributed by atoms with van der Waals surface area (Å²) in [6, 6.07) is 5.89. The largest absolute Gasteiger partial charge is 0.206 e. The Balaban J connectivity index is 2.42. The van der Waals surface area contributed by atoms with E-state index in [0.29, 0.717) is 11.1 Å². The summed E-state index contributed by atoms with van der Waals surface area (Å²) in [6.45, 7) is 3.61. The van der Waals surface area contributed by atoms with Crippen molar-refractivity contribution in [2.75, 3.05) is 0 Å². The van der Waals surface area contributed by atoms with Crippen molar-refractivity contribution in [2.24, 2.45) is 0 Å². The van der Waals surface area contributed by atoms with Gasteiger partial charge in [0, 0.05) is 0 Å². The Bertz CT molecular complexity index is 468. The first-order chi connectivity index (χ1) is 7.59. The van der Waals surface area contributed by atoms with Crippen LogP contribution in [0.4, 0.5) is 4.39 Å². The number of rotatable bonds is 2. The van der Waals surface area contributed by atoms with Gasteiger partial charge in [-0.15, -0.1) is 0 Å². The molecule has 0 saturated carbocycles. The lowest BCUT2D eigenvalue weighted by molar-refractivity contribution is 0.608. The van der Waals surface area contributed by atoms with Crippen LogP contribution in [0.3, 0.4) is 0 Å². The van der Waals surface area contributed by atoms with Crippen molar-refractivity contribution in [1.82, 2.24) is 0 Å². The number of aryl methyl sites for hydroxylation is 2. The van der Waals surface area contributed by atoms with Crippen LogP contribution in [0.1, 0.15) is 27.1 Å². The number of thiophene rings is 1. The van der Waals surface area contributed by atoms with Gasteiger partial charge in [0.15, 0.2) is 0 Å². The molecule has 0 aliphatic heterocycles. The highest BCUT2D eigenvalue weighted by Crippen LogP contribution is 2.33. The Hall–Kier alpha value is -0.670. The number of hydrogen-bond donors (Lipinski definition) is 0. The zero-order valence-corrected chi connectivity index (χ0v) is 11.5. The van der Waals surface area contributed by atoms with Crippen LogP contribution in [0.15, 0.2) is 29.0 Å². The molecule has 0 fully saturated rings. The van der Waals surface area contributed by atoms with E-state index in [1.807, 2.05) is 17.5 Å². The summed E-state index contributed by atoms with van der Waals surface area (Å²) in [4.78, 5) is 0.150. The molecule has 0 amide bonds. The summed E-state index contributed by atoms with van der Waals surface area (Å²) >= 11 is 5.32. The van der Waals surface area contributed by atoms with E-state index in [2.05, 4.69) is 27.4 Å². The second kappa shape index (κ2) is 4.68. The molecule has 2 aromatic rings. The molecular weight excluding hydrogens is 287 g/mol. The van der Waals surface area contributed by atoms with Gasteiger partial charge in [-0.05, 0) is 52.9 Å². The van der Waals surface area contributed by atoms with Crippen LogP contribution < -0.4 is 0 Å². The molecule has 0 aliphatic rings. The van der Waals surface area contributed by atoms with E-state index < -0.39 is 0 Å². The maximum Gasteiger partial charge on any atom is 0.129 e. The lowest BCUT2D eigenvalue weighted by Gasteiger charge is -2.11. The fourth-order valence-corrected chi connectivity index (χ4v) is 3.15. The van der Waals surface area contributed by atoms with Gasteiger partial charge in [-0.1, -0.05) is 28.1 Å². The van der Waals surface area contributed by atoms with Crippen LogP contribution in [-0.4, -0.2) is 0 Å². The van der Waals surface area contributed by atoms with Crippen LogP contribution in [-0.2, 0) is 0 Å². The Morgan fingerprint density at radius 2 is 1.81 bits per heavy atom. The molecule has 0 spiro atoms. The zero-order valence-electron chi connectivity index (χ0n) is 9.13. The van der Waals surface area contributed by atoms with E-state index in [9.17, 15) is 4.39 Å². The molecule has 16 heavy (non-hydrogen) atoms. The second-order valence-electron chi connectivity index (χ2n) is 3.89. The monoisotopic (exact) mass is 298 g/mol. The van der Waals surface area contributed by atoms with Gasteiger partial charge in [0.25, 0.3) is 0 Å². The molecule has 0 nitrogen and oxygen atoms in total. The SMILES string of the molecule is Cc1cc(C(Br)c2ccsc2)cc(C)c1F. The van der Waals surface area contributed by atoms with Gasteiger partial charge in [0.1, 0.15) is 5.82 Å². The standard InChI is InChI=1S/C13H12BrFS/c1-8-5-11(6-9(2)13(8)15)12(14)10-3-4-16-7-10/h3-7,12H,1-2H3. The summed E-state index contributed by atoms with van der Waals surface area (Å²) in [5.74, 6) is -0.103. The minimum Gasteiger partial charge on any atom is -0.206 e. The maximum atomic E-state index is 13.5. The van der Waals surface area contributed by atoms with E-state index in [0.717, 1.165) is 5.56 Å². The molecule has 0 N–H and O–H groups in total. The molecule has 0 radical (unpaired) electrons. The van der Waals surface area contributed by atoms with Crippen LogP contribution in [0.25, 0.3) is 0 Å². The minimum atomic E-state index is -0.103. The molecule has 1 aromatic heterocycles. The molecule has 2 rings (SSSR count). The van der Waals surface area contributed by atoms with Gasteiger partial charge in [-0.25, -0.2) is 4.39 Å². The Labute approximate surface area is 107 Å². The van der Waals surface area contributed by atoms with Crippen LogP contribution in [0.5, 0.6) is 0 Å². The number of halogens is 2. The van der Waals surface area contributed by atoms with E-state index in [1.165, 1.54) is 5.56 Å². The summed E-state index contributed by atoms with van der Waals surface area (Å²) < 4.78 is 13.5. The molecule has 1 unspecified atom stereocenters. The van der Waals surface area contributed by atoms with Gasteiger partial charge in [0.2, 0.25) is 0 Å². The van der Waals surface area contributed by atoms with Crippen molar-refractivity contribution >= 4 is 27.3 Å². The first-order valence-corrected chi connectivity index (χ1v) is 6.88. The third kappa shape index (κ3) is 2.20. The normalized spacial score (nSPS) is 12.8. The Morgan fingerprint density at radius 1 is 1.19 bits per heavy atom. The van der Waals surface area contributed by atoms with Crippen LogP contribution >= 0.6 is 27.3 Å². The molecule has 84 valence electrons. The van der Waals surface area contributed by atoms with Gasteiger partial charge < -0.3 is 0 Å². The van der Waals surface area contributed by atoms with Crippen molar-refractivity contribution in [3.63, 3.8) is 0 Å². The predicted molar refractivity (Wildman–Crippen MR) is 71.0 cm³/mol. The predicted octanol–water partition coefficient (Wildman–Crippen LogP) is 4.99. The van der Waals surface area contributed by atoms with Crippen molar-refractivity contribution in [1.29, 1.82) is 0 Å². The molecule has 0 aliphatic carbocycles. The average Bonchev–Trinajstić information content (AvgIpc) is 2.77. The highest BCUT2D eigenvalue weighted by molar-refractivity contribution is 9.09. The first kappa shape index (κ1) is 11.8. The zero-order chi connectivity index (χ0) is 11.7. The summed E-state index contributed by atoms with van der Waals surface area (Å²) in [7, 11) is 0. The Morgan fingerprint density at radius 3 is 2.31 bits per heavy atom. The van der Waals surface area contributed by atoms with Crippen LogP contribution in [0, 0.1) is 19.7 Å². The third-order valence-electron chi connectivity index (χ3n) is 2.59. The summed E-state index contributed by atoms with van der Waals surface area (Å²) in [6.07, 6.45) is 0. The molecular formula is C13H12BrFS. The molecule has 1 heterocycles. The highest BCUT2D eigenvalue weighted by atomic mass is 79.9. The van der Waals surface area contributed by atoms with Gasteiger partial charge in [-0.2, -0.15) is 11.3 Å². The van der Waals surface area contributed by atoms with Crippen LogP contribution in [0.2, 0.25) is 0 Å². The number of benzene rings is 1. The number of alkyl halides is 1. The molecule has 0 bridgehead atoms. The van der Waals surface area contributed by atoms with Crippen molar-refractivity contribution < 1.29 is 4.39 Å². The summed E-state index contributed by atoms with van der Waals surface area (Å²) in [5, 5.41) is 4.15. The average molecular weight is 299 g/mol. The molecule has 3 heteroatoms. The van der Waals surface area contributed by atoms with E-state index >= 15 is 0 Å². The Kier molecular flexibility index (Phi) is 3.45. The molecule has 0 saturated heterocycles. The highest BCUT2D eigenvalue weighted by Gasteiger charge is 2.13. The van der Waals surface area contributed by atoms with E-state index in [1.54, 1.807) is 25.2 Å². The lowest BCUT2D eigenvalue weighted by atomic mass is 10.0. The molecule has 1 atom stereocenters. The topological polar surface area (TPSA) is 0 Å². The second-order valence-corrected chi connectivity index (χ2v) is 5.58. The smallest absolute Gasteiger partial charge is 0.129 e. The van der Waals surface area contributed by atoms with Crippen molar-refractivity contribution in [3.8, 4) is 0 Å². The molecule has 1 aromatic carbocycles. The first-order valence-electron chi connectivity index (χ1n) is 5.02. The van der Waals surface area contributed by atoms with Gasteiger partial charge >= 0.3 is 0 Å². The number of hydrogen-bond acceptors (Lipinski definition) is 1.